The third kappa shape index (κ3) is 6.35. The fourth-order valence-electron chi connectivity index (χ4n) is 5.19. The zero-order valence-electron chi connectivity index (χ0n) is 23.1. The Morgan fingerprint density at radius 1 is 0.972 bits per heavy atom. The highest BCUT2D eigenvalue weighted by Crippen LogP contribution is 2.34. The van der Waals surface area contributed by atoms with Crippen molar-refractivity contribution < 1.29 is 4.74 Å². The van der Waals surface area contributed by atoms with Crippen molar-refractivity contribution in [2.75, 3.05) is 19.7 Å². The average molecular weight is 486 g/mol. The summed E-state index contributed by atoms with van der Waals surface area (Å²) in [7, 11) is 0. The number of nitrogens with zero attached hydrogens (tertiary/aromatic N) is 2. The maximum absolute atomic E-state index is 6.50. The standard InChI is InChI=1S/C32H43N3O/c1-7-24-14-11-15-25(8-2)31(24)29-20-30(36-19-17-33-32(4,5)6)28(23(3)34-29)22-35-18-16-26-12-9-10-13-27(26)21-35/h9-15,20,33H,7-8,16-19,21-22H2,1-6H3. The molecular formula is C32H43N3O. The van der Waals surface area contributed by atoms with Gasteiger partial charge in [-0.15, -0.1) is 0 Å². The first-order valence-corrected chi connectivity index (χ1v) is 13.6. The van der Waals surface area contributed by atoms with Crippen molar-refractivity contribution in [2.24, 2.45) is 0 Å². The number of aryl methyl sites for hydroxylation is 3. The molecule has 0 radical (unpaired) electrons. The van der Waals surface area contributed by atoms with E-state index in [0.717, 1.165) is 62.6 Å². The van der Waals surface area contributed by atoms with Crippen LogP contribution >= 0.6 is 0 Å². The molecule has 1 aliphatic heterocycles. The predicted molar refractivity (Wildman–Crippen MR) is 151 cm³/mol. The van der Waals surface area contributed by atoms with Gasteiger partial charge in [-0.2, -0.15) is 0 Å². The zero-order valence-corrected chi connectivity index (χ0v) is 23.1. The van der Waals surface area contributed by atoms with E-state index in [-0.39, 0.29) is 5.54 Å². The van der Waals surface area contributed by atoms with Crippen molar-refractivity contribution in [3.8, 4) is 17.0 Å². The van der Waals surface area contributed by atoms with Crippen molar-refractivity contribution in [3.63, 3.8) is 0 Å². The number of hydrogen-bond donors (Lipinski definition) is 1. The smallest absolute Gasteiger partial charge is 0.127 e. The van der Waals surface area contributed by atoms with Gasteiger partial charge in [0, 0.05) is 54.6 Å². The Morgan fingerprint density at radius 2 is 1.67 bits per heavy atom. The van der Waals surface area contributed by atoms with Gasteiger partial charge in [0.05, 0.1) is 5.69 Å². The molecule has 192 valence electrons. The Morgan fingerprint density at radius 3 is 2.33 bits per heavy atom. The van der Waals surface area contributed by atoms with Gasteiger partial charge in [0.15, 0.2) is 0 Å². The second-order valence-electron chi connectivity index (χ2n) is 11.0. The number of fused-ring (bicyclic) bond motifs is 1. The van der Waals surface area contributed by atoms with Crippen molar-refractivity contribution in [3.05, 3.63) is 82.0 Å². The molecule has 0 bridgehead atoms. The summed E-state index contributed by atoms with van der Waals surface area (Å²) in [5.41, 5.74) is 10.3. The molecule has 0 atom stereocenters. The summed E-state index contributed by atoms with van der Waals surface area (Å²) < 4.78 is 6.50. The van der Waals surface area contributed by atoms with E-state index in [4.69, 9.17) is 9.72 Å². The van der Waals surface area contributed by atoms with E-state index in [1.165, 1.54) is 33.4 Å². The average Bonchev–Trinajstić information content (AvgIpc) is 2.87. The number of rotatable bonds is 9. The Bertz CT molecular complexity index is 1160. The highest BCUT2D eigenvalue weighted by atomic mass is 16.5. The second kappa shape index (κ2) is 11.6. The first-order chi connectivity index (χ1) is 17.3. The van der Waals surface area contributed by atoms with E-state index >= 15 is 0 Å². The highest BCUT2D eigenvalue weighted by Gasteiger charge is 2.21. The molecule has 4 rings (SSSR count). The number of aromatic nitrogens is 1. The molecule has 2 heterocycles. The van der Waals surface area contributed by atoms with E-state index in [1.807, 2.05) is 0 Å². The predicted octanol–water partition coefficient (Wildman–Crippen LogP) is 6.51. The topological polar surface area (TPSA) is 37.4 Å². The van der Waals surface area contributed by atoms with E-state index in [2.05, 4.69) is 100 Å². The molecule has 0 saturated heterocycles. The summed E-state index contributed by atoms with van der Waals surface area (Å²) >= 11 is 0. The van der Waals surface area contributed by atoms with Crippen LogP contribution in [-0.2, 0) is 32.4 Å². The van der Waals surface area contributed by atoms with Crippen LogP contribution in [0.25, 0.3) is 11.3 Å². The monoisotopic (exact) mass is 485 g/mol. The molecule has 0 aliphatic carbocycles. The number of pyridine rings is 1. The molecule has 1 aliphatic rings. The van der Waals surface area contributed by atoms with E-state index < -0.39 is 0 Å². The second-order valence-corrected chi connectivity index (χ2v) is 11.0. The largest absolute Gasteiger partial charge is 0.492 e. The first-order valence-electron chi connectivity index (χ1n) is 13.6. The van der Waals surface area contributed by atoms with Gasteiger partial charge in [0.25, 0.3) is 0 Å². The summed E-state index contributed by atoms with van der Waals surface area (Å²) in [4.78, 5) is 7.71. The zero-order chi connectivity index (χ0) is 25.7. The van der Waals surface area contributed by atoms with Gasteiger partial charge in [-0.05, 0) is 69.2 Å². The molecular weight excluding hydrogens is 442 g/mol. The molecule has 0 unspecified atom stereocenters. The van der Waals surface area contributed by atoms with E-state index in [0.29, 0.717) is 6.61 Å². The Kier molecular flexibility index (Phi) is 8.48. The molecule has 2 aromatic carbocycles. The normalized spacial score (nSPS) is 14.1. The van der Waals surface area contributed by atoms with Crippen molar-refractivity contribution in [1.82, 2.24) is 15.2 Å². The Balaban J connectivity index is 1.66. The lowest BCUT2D eigenvalue weighted by Gasteiger charge is -2.30. The van der Waals surface area contributed by atoms with Gasteiger partial charge in [0.1, 0.15) is 12.4 Å². The van der Waals surface area contributed by atoms with Crippen molar-refractivity contribution in [2.45, 2.75) is 79.4 Å². The maximum Gasteiger partial charge on any atom is 0.127 e. The van der Waals surface area contributed by atoms with Crippen LogP contribution < -0.4 is 10.1 Å². The van der Waals surface area contributed by atoms with Crippen molar-refractivity contribution in [1.29, 1.82) is 0 Å². The van der Waals surface area contributed by atoms with Crippen LogP contribution in [0.3, 0.4) is 0 Å². The van der Waals surface area contributed by atoms with Gasteiger partial charge >= 0.3 is 0 Å². The number of nitrogens with one attached hydrogen (secondary N) is 1. The third-order valence-corrected chi connectivity index (χ3v) is 7.15. The lowest BCUT2D eigenvalue weighted by atomic mass is 9.94. The van der Waals surface area contributed by atoms with Gasteiger partial charge < -0.3 is 10.1 Å². The van der Waals surface area contributed by atoms with Crippen molar-refractivity contribution >= 4 is 0 Å². The van der Waals surface area contributed by atoms with Crippen LogP contribution in [0.5, 0.6) is 5.75 Å². The summed E-state index contributed by atoms with van der Waals surface area (Å²) in [5.74, 6) is 0.972. The minimum atomic E-state index is 0.0722. The summed E-state index contributed by atoms with van der Waals surface area (Å²) in [6.07, 6.45) is 3.07. The van der Waals surface area contributed by atoms with Gasteiger partial charge in [-0.25, -0.2) is 0 Å². The lowest BCUT2D eigenvalue weighted by molar-refractivity contribution is 0.235. The maximum atomic E-state index is 6.50. The van der Waals surface area contributed by atoms with E-state index in [1.54, 1.807) is 0 Å². The van der Waals surface area contributed by atoms with E-state index in [9.17, 15) is 0 Å². The summed E-state index contributed by atoms with van der Waals surface area (Å²) in [5, 5.41) is 3.55. The molecule has 36 heavy (non-hydrogen) atoms. The Labute approximate surface area is 218 Å². The quantitative estimate of drug-likeness (QED) is 0.351. The minimum Gasteiger partial charge on any atom is -0.492 e. The molecule has 3 aromatic rings. The lowest BCUT2D eigenvalue weighted by Crippen LogP contribution is -2.38. The van der Waals surface area contributed by atoms with Gasteiger partial charge in [-0.1, -0.05) is 56.3 Å². The molecule has 0 fully saturated rings. The molecule has 1 aromatic heterocycles. The van der Waals surface area contributed by atoms with Crippen LogP contribution in [0.4, 0.5) is 0 Å². The molecule has 4 heteroatoms. The fraction of sp³-hybridized carbons (Fsp3) is 0.469. The summed E-state index contributed by atoms with van der Waals surface area (Å²) in [6, 6.07) is 17.7. The molecule has 4 nitrogen and oxygen atoms in total. The first kappa shape index (κ1) is 26.4. The van der Waals surface area contributed by atoms with Gasteiger partial charge in [-0.3, -0.25) is 9.88 Å². The van der Waals surface area contributed by atoms with Crippen LogP contribution in [0.2, 0.25) is 0 Å². The molecule has 0 amide bonds. The van der Waals surface area contributed by atoms with Crippen LogP contribution in [0.15, 0.2) is 48.5 Å². The van der Waals surface area contributed by atoms with Crippen LogP contribution in [0, 0.1) is 6.92 Å². The molecule has 0 spiro atoms. The fourth-order valence-corrected chi connectivity index (χ4v) is 5.19. The number of ether oxygens (including phenoxy) is 1. The van der Waals surface area contributed by atoms with Crippen LogP contribution in [0.1, 0.15) is 68.1 Å². The molecule has 0 saturated carbocycles. The minimum absolute atomic E-state index is 0.0722. The number of benzene rings is 2. The Hall–Kier alpha value is -2.69. The van der Waals surface area contributed by atoms with Gasteiger partial charge in [0.2, 0.25) is 0 Å². The third-order valence-electron chi connectivity index (χ3n) is 7.15. The summed E-state index contributed by atoms with van der Waals surface area (Å²) in [6.45, 7) is 17.5. The van der Waals surface area contributed by atoms with Crippen LogP contribution in [-0.4, -0.2) is 35.1 Å². The SMILES string of the molecule is CCc1cccc(CC)c1-c1cc(OCCNC(C)(C)C)c(CN2CCc3ccccc3C2)c(C)n1. The molecule has 1 N–H and O–H groups in total. The highest BCUT2D eigenvalue weighted by molar-refractivity contribution is 5.70. The number of hydrogen-bond acceptors (Lipinski definition) is 4.